The van der Waals surface area contributed by atoms with Crippen LogP contribution in [0.15, 0.2) is 4.52 Å². The molecule has 2 aliphatic rings. The Morgan fingerprint density at radius 3 is 2.61 bits per heavy atom. The summed E-state index contributed by atoms with van der Waals surface area (Å²) in [5.41, 5.74) is -0.463. The molecule has 0 radical (unpaired) electrons. The normalized spacial score (nSPS) is 31.0. The second-order valence-corrected chi connectivity index (χ2v) is 5.69. The molecule has 0 bridgehead atoms. The van der Waals surface area contributed by atoms with Gasteiger partial charge in [0.05, 0.1) is 5.54 Å². The Kier molecular flexibility index (Phi) is 2.90. The van der Waals surface area contributed by atoms with Crippen LogP contribution in [0.4, 0.5) is 0 Å². The van der Waals surface area contributed by atoms with Gasteiger partial charge < -0.3 is 14.6 Å². The molecule has 1 saturated carbocycles. The number of aromatic nitrogens is 2. The molecule has 100 valence electrons. The van der Waals surface area contributed by atoms with Gasteiger partial charge in [0.1, 0.15) is 5.60 Å². The van der Waals surface area contributed by atoms with E-state index in [-0.39, 0.29) is 11.1 Å². The lowest BCUT2D eigenvalue weighted by Gasteiger charge is -2.23. The van der Waals surface area contributed by atoms with Crippen LogP contribution in [0.1, 0.15) is 57.2 Å². The summed E-state index contributed by atoms with van der Waals surface area (Å²) >= 11 is 0. The molecule has 1 aromatic rings. The van der Waals surface area contributed by atoms with E-state index in [0.717, 1.165) is 38.1 Å². The fourth-order valence-corrected chi connectivity index (χ4v) is 3.17. The van der Waals surface area contributed by atoms with Crippen LogP contribution in [-0.4, -0.2) is 23.8 Å². The van der Waals surface area contributed by atoms with Gasteiger partial charge >= 0.3 is 0 Å². The van der Waals surface area contributed by atoms with Gasteiger partial charge in [-0.15, -0.1) is 0 Å². The molecule has 0 aromatic carbocycles. The van der Waals surface area contributed by atoms with Gasteiger partial charge in [-0.1, -0.05) is 5.16 Å². The van der Waals surface area contributed by atoms with E-state index in [1.165, 1.54) is 12.8 Å². The number of hydrogen-bond donors (Lipinski definition) is 1. The highest BCUT2D eigenvalue weighted by Crippen LogP contribution is 2.41. The number of hydrogen-bond acceptors (Lipinski definition) is 5. The van der Waals surface area contributed by atoms with Crippen molar-refractivity contribution in [1.82, 2.24) is 15.5 Å². The zero-order valence-electron chi connectivity index (χ0n) is 11.2. The molecule has 5 nitrogen and oxygen atoms in total. The van der Waals surface area contributed by atoms with Gasteiger partial charge in [0.25, 0.3) is 0 Å². The Hall–Kier alpha value is -0.940. The highest BCUT2D eigenvalue weighted by molar-refractivity contribution is 5.10. The Labute approximate surface area is 107 Å². The average Bonchev–Trinajstić information content (AvgIpc) is 3.09. The fourth-order valence-electron chi connectivity index (χ4n) is 3.17. The molecule has 5 heteroatoms. The number of ether oxygens (including phenoxy) is 1. The first-order chi connectivity index (χ1) is 8.69. The van der Waals surface area contributed by atoms with E-state index in [1.807, 2.05) is 0 Å². The molecule has 3 rings (SSSR count). The Bertz CT molecular complexity index is 418. The van der Waals surface area contributed by atoms with Crippen molar-refractivity contribution in [2.24, 2.45) is 0 Å². The summed E-state index contributed by atoms with van der Waals surface area (Å²) in [6, 6.07) is 0. The van der Waals surface area contributed by atoms with Crippen molar-refractivity contribution in [2.75, 3.05) is 13.7 Å². The molecule has 18 heavy (non-hydrogen) atoms. The number of nitrogens with zero attached hydrogens (tertiary/aromatic N) is 2. The van der Waals surface area contributed by atoms with Crippen LogP contribution in [0.2, 0.25) is 0 Å². The Morgan fingerprint density at radius 1 is 1.22 bits per heavy atom. The van der Waals surface area contributed by atoms with Crippen LogP contribution in [0, 0.1) is 0 Å². The van der Waals surface area contributed by atoms with E-state index in [1.54, 1.807) is 7.11 Å². The van der Waals surface area contributed by atoms with E-state index in [4.69, 9.17) is 9.26 Å². The average molecular weight is 251 g/mol. The summed E-state index contributed by atoms with van der Waals surface area (Å²) in [4.78, 5) is 4.62. The zero-order chi connectivity index (χ0) is 12.6. The van der Waals surface area contributed by atoms with E-state index in [0.29, 0.717) is 5.89 Å². The van der Waals surface area contributed by atoms with Crippen LogP contribution in [0.25, 0.3) is 0 Å². The molecule has 1 atom stereocenters. The summed E-state index contributed by atoms with van der Waals surface area (Å²) in [6.45, 7) is 3.15. The molecule has 1 unspecified atom stereocenters. The smallest absolute Gasteiger partial charge is 0.246 e. The third-order valence-electron chi connectivity index (χ3n) is 4.48. The molecule has 2 heterocycles. The van der Waals surface area contributed by atoms with Crippen LogP contribution in [-0.2, 0) is 15.9 Å². The first-order valence-corrected chi connectivity index (χ1v) is 6.83. The largest absolute Gasteiger partial charge is 0.370 e. The van der Waals surface area contributed by atoms with Crippen LogP contribution < -0.4 is 5.32 Å². The fraction of sp³-hybridized carbons (Fsp3) is 0.846. The quantitative estimate of drug-likeness (QED) is 0.891. The molecular weight excluding hydrogens is 230 g/mol. The SMILES string of the molecule is COC1(c2noc(C3(C)CCCN3)n2)CCCC1. The first kappa shape index (κ1) is 12.1. The van der Waals surface area contributed by atoms with E-state index < -0.39 is 0 Å². The number of nitrogens with one attached hydrogen (secondary N) is 1. The molecule has 0 amide bonds. The van der Waals surface area contributed by atoms with Crippen molar-refractivity contribution in [3.8, 4) is 0 Å². The Morgan fingerprint density at radius 2 is 2.00 bits per heavy atom. The number of rotatable bonds is 3. The maximum Gasteiger partial charge on any atom is 0.246 e. The van der Waals surface area contributed by atoms with Gasteiger partial charge in [-0.2, -0.15) is 4.98 Å². The van der Waals surface area contributed by atoms with E-state index >= 15 is 0 Å². The molecule has 1 aliphatic carbocycles. The molecule has 2 fully saturated rings. The van der Waals surface area contributed by atoms with Crippen LogP contribution in [0.5, 0.6) is 0 Å². The van der Waals surface area contributed by atoms with Gasteiger partial charge in [0, 0.05) is 7.11 Å². The molecule has 1 aromatic heterocycles. The molecular formula is C13H21N3O2. The van der Waals surface area contributed by atoms with Crippen molar-refractivity contribution in [3.05, 3.63) is 11.7 Å². The zero-order valence-corrected chi connectivity index (χ0v) is 11.2. The lowest BCUT2D eigenvalue weighted by atomic mass is 9.99. The molecule has 1 N–H and O–H groups in total. The van der Waals surface area contributed by atoms with Gasteiger partial charge in [0.15, 0.2) is 0 Å². The second kappa shape index (κ2) is 4.31. The molecule has 1 aliphatic heterocycles. The Balaban J connectivity index is 1.89. The van der Waals surface area contributed by atoms with E-state index in [9.17, 15) is 0 Å². The van der Waals surface area contributed by atoms with Gasteiger partial charge in [-0.3, -0.25) is 0 Å². The summed E-state index contributed by atoms with van der Waals surface area (Å²) in [5.74, 6) is 1.44. The monoisotopic (exact) mass is 251 g/mol. The lowest BCUT2D eigenvalue weighted by molar-refractivity contribution is -0.0178. The number of methoxy groups -OCH3 is 1. The minimum absolute atomic E-state index is 0.154. The lowest BCUT2D eigenvalue weighted by Crippen LogP contribution is -2.34. The van der Waals surface area contributed by atoms with Gasteiger partial charge in [-0.25, -0.2) is 0 Å². The van der Waals surface area contributed by atoms with E-state index in [2.05, 4.69) is 22.4 Å². The van der Waals surface area contributed by atoms with Crippen molar-refractivity contribution in [3.63, 3.8) is 0 Å². The predicted molar refractivity (Wildman–Crippen MR) is 66.0 cm³/mol. The van der Waals surface area contributed by atoms with Gasteiger partial charge in [-0.05, 0) is 52.0 Å². The predicted octanol–water partition coefficient (Wildman–Crippen LogP) is 2.08. The minimum atomic E-state index is -0.309. The maximum absolute atomic E-state index is 5.69. The van der Waals surface area contributed by atoms with Crippen LogP contribution in [0.3, 0.4) is 0 Å². The second-order valence-electron chi connectivity index (χ2n) is 5.69. The minimum Gasteiger partial charge on any atom is -0.370 e. The van der Waals surface area contributed by atoms with Crippen molar-refractivity contribution in [1.29, 1.82) is 0 Å². The van der Waals surface area contributed by atoms with Gasteiger partial charge in [0.2, 0.25) is 11.7 Å². The van der Waals surface area contributed by atoms with Crippen molar-refractivity contribution in [2.45, 2.75) is 56.6 Å². The summed E-state index contributed by atoms with van der Waals surface area (Å²) in [5, 5.41) is 7.63. The standard InChI is InChI=1S/C13H21N3O2/c1-12(6-5-9-14-12)11-15-10(16-18-11)13(17-2)7-3-4-8-13/h14H,3-9H2,1-2H3. The molecule has 0 spiro atoms. The molecule has 1 saturated heterocycles. The highest BCUT2D eigenvalue weighted by Gasteiger charge is 2.43. The topological polar surface area (TPSA) is 60.2 Å². The van der Waals surface area contributed by atoms with Crippen LogP contribution >= 0.6 is 0 Å². The first-order valence-electron chi connectivity index (χ1n) is 6.83. The third kappa shape index (κ3) is 1.77. The maximum atomic E-state index is 5.69. The summed E-state index contributed by atoms with van der Waals surface area (Å²) < 4.78 is 11.2. The van der Waals surface area contributed by atoms with Crippen molar-refractivity contribution >= 4 is 0 Å². The summed E-state index contributed by atoms with van der Waals surface area (Å²) in [7, 11) is 1.75. The summed E-state index contributed by atoms with van der Waals surface area (Å²) in [6.07, 6.45) is 6.54. The third-order valence-corrected chi connectivity index (χ3v) is 4.48. The highest BCUT2D eigenvalue weighted by atomic mass is 16.5. The van der Waals surface area contributed by atoms with Crippen molar-refractivity contribution < 1.29 is 9.26 Å².